The van der Waals surface area contributed by atoms with E-state index in [4.69, 9.17) is 34.8 Å². The maximum atomic E-state index is 12.6. The maximum absolute atomic E-state index is 12.6. The summed E-state index contributed by atoms with van der Waals surface area (Å²) >= 11 is 19.6. The van der Waals surface area contributed by atoms with Crippen molar-refractivity contribution in [1.29, 1.82) is 0 Å². The van der Waals surface area contributed by atoms with Crippen molar-refractivity contribution in [3.05, 3.63) is 74.0 Å². The standard InChI is InChI=1S/C18H13Cl3N2OS/c1-3-6-23-16-10(2)14(21)4-5-15(16)25-18(23)22-17(24)11-7-12(19)9-13(20)8-11/h3-5,7-9H,1,6H2,2H3. The molecule has 3 rings (SSSR count). The monoisotopic (exact) mass is 410 g/mol. The third-order valence-electron chi connectivity index (χ3n) is 3.65. The molecule has 0 saturated heterocycles. The minimum atomic E-state index is -0.405. The molecule has 1 amide bonds. The topological polar surface area (TPSA) is 34.4 Å². The summed E-state index contributed by atoms with van der Waals surface area (Å²) < 4.78 is 2.93. The molecule has 3 aromatic rings. The van der Waals surface area contributed by atoms with Crippen molar-refractivity contribution < 1.29 is 4.79 Å². The van der Waals surface area contributed by atoms with Crippen LogP contribution in [0.2, 0.25) is 15.1 Å². The summed E-state index contributed by atoms with van der Waals surface area (Å²) in [5, 5.41) is 1.45. The number of thiazole rings is 1. The second kappa shape index (κ2) is 7.34. The summed E-state index contributed by atoms with van der Waals surface area (Å²) in [5.74, 6) is -0.405. The van der Waals surface area contributed by atoms with E-state index < -0.39 is 5.91 Å². The van der Waals surface area contributed by atoms with Crippen LogP contribution in [0.15, 0.2) is 48.0 Å². The molecule has 0 spiro atoms. The molecule has 0 N–H and O–H groups in total. The molecule has 0 saturated carbocycles. The van der Waals surface area contributed by atoms with Crippen LogP contribution >= 0.6 is 46.1 Å². The van der Waals surface area contributed by atoms with Gasteiger partial charge in [-0.3, -0.25) is 4.79 Å². The van der Waals surface area contributed by atoms with Crippen LogP contribution in [0.25, 0.3) is 10.2 Å². The highest BCUT2D eigenvalue weighted by atomic mass is 35.5. The van der Waals surface area contributed by atoms with Crippen molar-refractivity contribution in [2.75, 3.05) is 0 Å². The van der Waals surface area contributed by atoms with Crippen molar-refractivity contribution in [2.45, 2.75) is 13.5 Å². The number of nitrogens with zero attached hydrogens (tertiary/aromatic N) is 2. The predicted molar refractivity (Wildman–Crippen MR) is 106 cm³/mol. The first-order chi connectivity index (χ1) is 11.9. The van der Waals surface area contributed by atoms with Gasteiger partial charge in [-0.25, -0.2) is 0 Å². The van der Waals surface area contributed by atoms with Gasteiger partial charge in [-0.2, -0.15) is 4.99 Å². The molecular weight excluding hydrogens is 399 g/mol. The van der Waals surface area contributed by atoms with Gasteiger partial charge in [0.15, 0.2) is 4.80 Å². The van der Waals surface area contributed by atoms with Crippen LogP contribution in [0.5, 0.6) is 0 Å². The van der Waals surface area contributed by atoms with Crippen molar-refractivity contribution in [2.24, 2.45) is 4.99 Å². The van der Waals surface area contributed by atoms with Crippen molar-refractivity contribution in [3.63, 3.8) is 0 Å². The molecule has 1 heterocycles. The number of carbonyl (C=O) groups excluding carboxylic acids is 1. The number of allylic oxidation sites excluding steroid dienone is 1. The third-order valence-corrected chi connectivity index (χ3v) is 5.54. The highest BCUT2D eigenvalue weighted by Gasteiger charge is 2.13. The van der Waals surface area contributed by atoms with Gasteiger partial charge in [-0.1, -0.05) is 52.2 Å². The largest absolute Gasteiger partial charge is 0.312 e. The first-order valence-electron chi connectivity index (χ1n) is 7.35. The quantitative estimate of drug-likeness (QED) is 0.494. The Morgan fingerprint density at radius 3 is 2.56 bits per heavy atom. The molecule has 0 fully saturated rings. The zero-order valence-electron chi connectivity index (χ0n) is 13.2. The SMILES string of the molecule is C=CCn1c(=NC(=O)c2cc(Cl)cc(Cl)c2)sc2ccc(Cl)c(C)c21. The lowest BCUT2D eigenvalue weighted by Crippen LogP contribution is -2.16. The zero-order chi connectivity index (χ0) is 18.1. The van der Waals surface area contributed by atoms with E-state index in [0.717, 1.165) is 15.8 Å². The molecule has 2 aromatic carbocycles. The number of hydrogen-bond acceptors (Lipinski definition) is 2. The molecule has 0 atom stereocenters. The summed E-state index contributed by atoms with van der Waals surface area (Å²) in [7, 11) is 0. The van der Waals surface area contributed by atoms with Crippen LogP contribution in [0.3, 0.4) is 0 Å². The summed E-state index contributed by atoms with van der Waals surface area (Å²) in [4.78, 5) is 17.4. The summed E-state index contributed by atoms with van der Waals surface area (Å²) in [6.07, 6.45) is 1.76. The second-order valence-corrected chi connectivity index (χ2v) is 7.67. The lowest BCUT2D eigenvalue weighted by Gasteiger charge is -2.05. The minimum absolute atomic E-state index is 0.342. The lowest BCUT2D eigenvalue weighted by atomic mass is 10.2. The number of halogens is 3. The molecule has 0 unspecified atom stereocenters. The van der Waals surface area contributed by atoms with Crippen LogP contribution in [0.4, 0.5) is 0 Å². The Kier molecular flexibility index (Phi) is 5.35. The number of fused-ring (bicyclic) bond motifs is 1. The van der Waals surface area contributed by atoms with Crippen molar-refractivity contribution in [1.82, 2.24) is 4.57 Å². The summed E-state index contributed by atoms with van der Waals surface area (Å²) in [6.45, 7) is 6.25. The fourth-order valence-corrected chi connectivity index (χ4v) is 4.30. The molecule has 0 aliphatic carbocycles. The summed E-state index contributed by atoms with van der Waals surface area (Å²) in [6, 6.07) is 8.44. The Morgan fingerprint density at radius 1 is 1.24 bits per heavy atom. The molecule has 0 aliphatic rings. The molecule has 7 heteroatoms. The lowest BCUT2D eigenvalue weighted by molar-refractivity contribution is 0.0998. The molecule has 25 heavy (non-hydrogen) atoms. The van der Waals surface area contributed by atoms with E-state index in [0.29, 0.717) is 32.0 Å². The molecule has 1 aromatic heterocycles. The average Bonchev–Trinajstić information content (AvgIpc) is 2.89. The number of hydrogen-bond donors (Lipinski definition) is 0. The van der Waals surface area contributed by atoms with Crippen molar-refractivity contribution >= 4 is 62.3 Å². The average molecular weight is 412 g/mol. The molecular formula is C18H13Cl3N2OS. The number of carbonyl (C=O) groups is 1. The van der Waals surface area contributed by atoms with Crippen LogP contribution < -0.4 is 4.80 Å². The number of amides is 1. The van der Waals surface area contributed by atoms with Gasteiger partial charge in [0, 0.05) is 27.2 Å². The molecule has 0 aliphatic heterocycles. The van der Waals surface area contributed by atoms with Gasteiger partial charge in [0.05, 0.1) is 10.2 Å². The number of benzene rings is 2. The van der Waals surface area contributed by atoms with E-state index in [2.05, 4.69) is 11.6 Å². The zero-order valence-corrected chi connectivity index (χ0v) is 16.3. The Morgan fingerprint density at radius 2 is 1.92 bits per heavy atom. The number of aromatic nitrogens is 1. The van der Waals surface area contributed by atoms with Crippen LogP contribution in [-0.2, 0) is 6.54 Å². The smallest absolute Gasteiger partial charge is 0.279 e. The van der Waals surface area contributed by atoms with Crippen LogP contribution in [0.1, 0.15) is 15.9 Å². The van der Waals surface area contributed by atoms with E-state index in [1.54, 1.807) is 24.3 Å². The van der Waals surface area contributed by atoms with Gasteiger partial charge in [0.1, 0.15) is 0 Å². The highest BCUT2D eigenvalue weighted by molar-refractivity contribution is 7.16. The third kappa shape index (κ3) is 3.67. The Bertz CT molecular complexity index is 1050. The van der Waals surface area contributed by atoms with Crippen molar-refractivity contribution in [3.8, 4) is 0 Å². The molecule has 3 nitrogen and oxygen atoms in total. The van der Waals surface area contributed by atoms with Gasteiger partial charge < -0.3 is 4.57 Å². The molecule has 0 radical (unpaired) electrons. The fraction of sp³-hybridized carbons (Fsp3) is 0.111. The van der Waals surface area contributed by atoms with Gasteiger partial charge in [-0.05, 0) is 42.8 Å². The van der Waals surface area contributed by atoms with E-state index >= 15 is 0 Å². The van der Waals surface area contributed by atoms with E-state index in [9.17, 15) is 4.79 Å². The summed E-state index contributed by atoms with van der Waals surface area (Å²) in [5.41, 5.74) is 2.24. The highest BCUT2D eigenvalue weighted by Crippen LogP contribution is 2.27. The van der Waals surface area contributed by atoms with Gasteiger partial charge >= 0.3 is 0 Å². The predicted octanol–water partition coefficient (Wildman–Crippen LogP) is 5.90. The van der Waals surface area contributed by atoms with Gasteiger partial charge in [0.25, 0.3) is 5.91 Å². The van der Waals surface area contributed by atoms with Crippen LogP contribution in [0, 0.1) is 6.92 Å². The Balaban J connectivity index is 2.21. The second-order valence-electron chi connectivity index (χ2n) is 5.38. The molecule has 0 bridgehead atoms. The Labute approximate surface area is 163 Å². The fourth-order valence-electron chi connectivity index (χ4n) is 2.53. The van der Waals surface area contributed by atoms with Gasteiger partial charge in [-0.15, -0.1) is 6.58 Å². The van der Waals surface area contributed by atoms with E-state index in [1.165, 1.54) is 11.3 Å². The normalized spacial score (nSPS) is 11.9. The minimum Gasteiger partial charge on any atom is -0.312 e. The number of rotatable bonds is 3. The van der Waals surface area contributed by atoms with Gasteiger partial charge in [0.2, 0.25) is 0 Å². The van der Waals surface area contributed by atoms with E-state index in [1.807, 2.05) is 23.6 Å². The first kappa shape index (κ1) is 18.2. The maximum Gasteiger partial charge on any atom is 0.279 e. The first-order valence-corrected chi connectivity index (χ1v) is 9.30. The Hall–Kier alpha value is -1.59. The van der Waals surface area contributed by atoms with Crippen LogP contribution in [-0.4, -0.2) is 10.5 Å². The van der Waals surface area contributed by atoms with E-state index in [-0.39, 0.29) is 0 Å². The molecule has 128 valence electrons. The number of aryl methyl sites for hydroxylation is 1.